The molecule has 0 aromatic heterocycles. The van der Waals surface area contributed by atoms with Gasteiger partial charge >= 0.3 is 0 Å². The van der Waals surface area contributed by atoms with E-state index in [0.717, 1.165) is 6.42 Å². The van der Waals surface area contributed by atoms with Crippen molar-refractivity contribution in [3.63, 3.8) is 0 Å². The third kappa shape index (κ3) is 6.14. The van der Waals surface area contributed by atoms with E-state index in [1.807, 2.05) is 11.8 Å². The van der Waals surface area contributed by atoms with Gasteiger partial charge in [-0.15, -0.1) is 0 Å². The Labute approximate surface area is 105 Å². The van der Waals surface area contributed by atoms with E-state index in [1.54, 1.807) is 6.26 Å². The van der Waals surface area contributed by atoms with Crippen molar-refractivity contribution in [2.45, 2.75) is 19.4 Å². The van der Waals surface area contributed by atoms with Crippen LogP contribution in [-0.4, -0.2) is 65.9 Å². The molecular formula is C11H22N2O3S. The molecule has 17 heavy (non-hydrogen) atoms. The first-order valence-electron chi connectivity index (χ1n) is 5.98. The molecular weight excluding hydrogens is 240 g/mol. The molecule has 1 fully saturated rings. The van der Waals surface area contributed by atoms with Gasteiger partial charge in [0, 0.05) is 41.9 Å². The van der Waals surface area contributed by atoms with E-state index < -0.39 is 10.8 Å². The molecule has 1 amide bonds. The summed E-state index contributed by atoms with van der Waals surface area (Å²) in [6.45, 7) is 5.02. The summed E-state index contributed by atoms with van der Waals surface area (Å²) in [6, 6.07) is 0.226. The molecule has 2 unspecified atom stereocenters. The van der Waals surface area contributed by atoms with Gasteiger partial charge in [-0.1, -0.05) is 0 Å². The van der Waals surface area contributed by atoms with Crippen LogP contribution in [0.15, 0.2) is 0 Å². The van der Waals surface area contributed by atoms with Crippen molar-refractivity contribution >= 4 is 16.7 Å². The van der Waals surface area contributed by atoms with E-state index in [9.17, 15) is 9.00 Å². The van der Waals surface area contributed by atoms with E-state index >= 15 is 0 Å². The summed E-state index contributed by atoms with van der Waals surface area (Å²) >= 11 is 0. The van der Waals surface area contributed by atoms with Crippen LogP contribution in [0.4, 0.5) is 0 Å². The van der Waals surface area contributed by atoms with E-state index in [1.165, 1.54) is 0 Å². The molecule has 0 spiro atoms. The van der Waals surface area contributed by atoms with Crippen LogP contribution in [0.2, 0.25) is 0 Å². The van der Waals surface area contributed by atoms with Gasteiger partial charge in [-0.25, -0.2) is 0 Å². The molecule has 1 heterocycles. The zero-order valence-electron chi connectivity index (χ0n) is 10.6. The summed E-state index contributed by atoms with van der Waals surface area (Å²) in [5, 5.41) is 3.17. The minimum atomic E-state index is -0.757. The molecule has 2 atom stereocenters. The van der Waals surface area contributed by atoms with Crippen molar-refractivity contribution < 1.29 is 13.7 Å². The number of hydrogen-bond donors (Lipinski definition) is 1. The van der Waals surface area contributed by atoms with Crippen LogP contribution >= 0.6 is 0 Å². The normalized spacial score (nSPS) is 20.0. The van der Waals surface area contributed by atoms with Gasteiger partial charge in [0.1, 0.15) is 0 Å². The van der Waals surface area contributed by atoms with Gasteiger partial charge in [-0.3, -0.25) is 9.00 Å². The van der Waals surface area contributed by atoms with E-state index in [-0.39, 0.29) is 11.9 Å². The Hall–Kier alpha value is -0.460. The molecule has 1 rings (SSSR count). The molecule has 0 aromatic carbocycles. The van der Waals surface area contributed by atoms with Crippen LogP contribution in [-0.2, 0) is 20.3 Å². The Bertz CT molecular complexity index is 267. The topological polar surface area (TPSA) is 58.6 Å². The molecule has 5 nitrogen and oxygen atoms in total. The largest absolute Gasteiger partial charge is 0.378 e. The number of carbonyl (C=O) groups excluding carboxylic acids is 1. The lowest BCUT2D eigenvalue weighted by atomic mass is 10.2. The summed E-state index contributed by atoms with van der Waals surface area (Å²) in [6.07, 6.45) is 2.53. The lowest BCUT2D eigenvalue weighted by Crippen LogP contribution is -2.46. The maximum absolute atomic E-state index is 11.8. The predicted octanol–water partition coefficient (Wildman–Crippen LogP) is -0.408. The highest BCUT2D eigenvalue weighted by Gasteiger charge is 2.16. The quantitative estimate of drug-likeness (QED) is 0.707. The zero-order chi connectivity index (χ0) is 12.7. The molecule has 0 radical (unpaired) electrons. The Kier molecular flexibility index (Phi) is 6.69. The molecule has 0 aliphatic carbocycles. The first-order valence-corrected chi connectivity index (χ1v) is 7.71. The number of amides is 1. The summed E-state index contributed by atoms with van der Waals surface area (Å²) in [4.78, 5) is 13.6. The number of carbonyl (C=O) groups is 1. The van der Waals surface area contributed by atoms with Crippen molar-refractivity contribution in [3.8, 4) is 0 Å². The van der Waals surface area contributed by atoms with E-state index in [4.69, 9.17) is 4.74 Å². The van der Waals surface area contributed by atoms with Gasteiger partial charge < -0.3 is 15.0 Å². The second-order valence-corrected chi connectivity index (χ2v) is 5.90. The van der Waals surface area contributed by atoms with Crippen LogP contribution < -0.4 is 5.32 Å². The number of nitrogens with one attached hydrogen (secondary N) is 1. The molecule has 0 aromatic rings. The standard InChI is InChI=1S/C11H22N2O3S/c1-10(3-8-17(2)15)12-9-11(14)13-4-6-16-7-5-13/h10,12H,3-9H2,1-2H3. The summed E-state index contributed by atoms with van der Waals surface area (Å²) in [7, 11) is -0.757. The zero-order valence-corrected chi connectivity index (χ0v) is 11.4. The smallest absolute Gasteiger partial charge is 0.236 e. The summed E-state index contributed by atoms with van der Waals surface area (Å²) in [5.74, 6) is 0.803. The summed E-state index contributed by atoms with van der Waals surface area (Å²) in [5.41, 5.74) is 0. The van der Waals surface area contributed by atoms with Crippen molar-refractivity contribution in [3.05, 3.63) is 0 Å². The first-order chi connectivity index (χ1) is 8.09. The Balaban J connectivity index is 2.15. The van der Waals surface area contributed by atoms with E-state index in [2.05, 4.69) is 5.32 Å². The minimum absolute atomic E-state index is 0.123. The summed E-state index contributed by atoms with van der Waals surface area (Å²) < 4.78 is 16.1. The Morgan fingerprint density at radius 1 is 1.47 bits per heavy atom. The van der Waals surface area contributed by atoms with Gasteiger partial charge in [0.05, 0.1) is 19.8 Å². The molecule has 100 valence electrons. The Morgan fingerprint density at radius 3 is 2.71 bits per heavy atom. The number of hydrogen-bond acceptors (Lipinski definition) is 4. The fourth-order valence-electron chi connectivity index (χ4n) is 1.63. The van der Waals surface area contributed by atoms with Crippen LogP contribution in [0.25, 0.3) is 0 Å². The fraction of sp³-hybridized carbons (Fsp3) is 0.909. The van der Waals surface area contributed by atoms with Crippen LogP contribution in [0, 0.1) is 0 Å². The first kappa shape index (κ1) is 14.6. The van der Waals surface area contributed by atoms with Crippen LogP contribution in [0.5, 0.6) is 0 Å². The molecule has 1 aliphatic rings. The third-order valence-electron chi connectivity index (χ3n) is 2.80. The molecule has 0 saturated carbocycles. The molecule has 0 bridgehead atoms. The van der Waals surface area contributed by atoms with Gasteiger partial charge in [0.15, 0.2) is 0 Å². The van der Waals surface area contributed by atoms with E-state index in [0.29, 0.717) is 38.6 Å². The molecule has 1 aliphatic heterocycles. The monoisotopic (exact) mass is 262 g/mol. The number of rotatable bonds is 6. The van der Waals surface area contributed by atoms with Gasteiger partial charge in [-0.05, 0) is 13.3 Å². The highest BCUT2D eigenvalue weighted by molar-refractivity contribution is 7.84. The number of morpholine rings is 1. The highest BCUT2D eigenvalue weighted by Crippen LogP contribution is 1.98. The number of nitrogens with zero attached hydrogens (tertiary/aromatic N) is 1. The van der Waals surface area contributed by atoms with Gasteiger partial charge in [0.25, 0.3) is 0 Å². The third-order valence-corrected chi connectivity index (χ3v) is 3.61. The highest BCUT2D eigenvalue weighted by atomic mass is 32.2. The number of ether oxygens (including phenoxy) is 1. The average molecular weight is 262 g/mol. The lowest BCUT2D eigenvalue weighted by Gasteiger charge is -2.27. The second-order valence-electron chi connectivity index (χ2n) is 4.34. The van der Waals surface area contributed by atoms with Crippen molar-refractivity contribution in [1.29, 1.82) is 0 Å². The predicted molar refractivity (Wildman–Crippen MR) is 68.4 cm³/mol. The molecule has 6 heteroatoms. The Morgan fingerprint density at radius 2 is 2.12 bits per heavy atom. The second kappa shape index (κ2) is 7.79. The van der Waals surface area contributed by atoms with Gasteiger partial charge in [-0.2, -0.15) is 0 Å². The SMILES string of the molecule is CC(CCS(C)=O)NCC(=O)N1CCOCC1. The fourth-order valence-corrected chi connectivity index (χ4v) is 2.32. The molecule has 1 saturated heterocycles. The maximum atomic E-state index is 11.8. The van der Waals surface area contributed by atoms with Crippen LogP contribution in [0.1, 0.15) is 13.3 Å². The van der Waals surface area contributed by atoms with Crippen molar-refractivity contribution in [2.24, 2.45) is 0 Å². The van der Waals surface area contributed by atoms with Gasteiger partial charge in [0.2, 0.25) is 5.91 Å². The molecule has 1 N–H and O–H groups in total. The maximum Gasteiger partial charge on any atom is 0.236 e. The van der Waals surface area contributed by atoms with Crippen LogP contribution in [0.3, 0.4) is 0 Å². The van der Waals surface area contributed by atoms with Crippen molar-refractivity contribution in [1.82, 2.24) is 10.2 Å². The van der Waals surface area contributed by atoms with Crippen molar-refractivity contribution in [2.75, 3.05) is 44.9 Å². The average Bonchev–Trinajstić information content (AvgIpc) is 2.34. The minimum Gasteiger partial charge on any atom is -0.378 e. The lowest BCUT2D eigenvalue weighted by molar-refractivity contribution is -0.134.